The van der Waals surface area contributed by atoms with E-state index in [9.17, 15) is 4.79 Å². The van der Waals surface area contributed by atoms with Gasteiger partial charge in [-0.2, -0.15) is 9.61 Å². The van der Waals surface area contributed by atoms with Crippen LogP contribution in [0.5, 0.6) is 0 Å². The van der Waals surface area contributed by atoms with Gasteiger partial charge in [0.1, 0.15) is 12.1 Å². The van der Waals surface area contributed by atoms with Crippen LogP contribution in [-0.4, -0.2) is 57.7 Å². The SMILES string of the molecule is CCc1c(CCC2CCC(C)N2C(=O)c2nnc[nH]2)nc2c(-c3ccc(-c4ccccc4)nc3)cnn2c1N. The number of hydrogen-bond donors (Lipinski definition) is 2. The van der Waals surface area contributed by atoms with Crippen LogP contribution in [0, 0.1) is 0 Å². The summed E-state index contributed by atoms with van der Waals surface area (Å²) in [5.74, 6) is 0.778. The number of H-pyrrole nitrogens is 1. The Balaban J connectivity index is 1.29. The average molecular weight is 522 g/mol. The van der Waals surface area contributed by atoms with Crippen molar-refractivity contribution in [2.45, 2.75) is 58.0 Å². The van der Waals surface area contributed by atoms with Gasteiger partial charge in [0.05, 0.1) is 11.9 Å². The van der Waals surface area contributed by atoms with Gasteiger partial charge in [-0.15, -0.1) is 10.2 Å². The molecule has 0 bridgehead atoms. The number of aromatic nitrogens is 7. The van der Waals surface area contributed by atoms with E-state index in [1.165, 1.54) is 6.33 Å². The molecule has 0 aliphatic carbocycles. The fraction of sp³-hybridized carbons (Fsp3) is 0.310. The Morgan fingerprint density at radius 2 is 1.95 bits per heavy atom. The Kier molecular flexibility index (Phi) is 6.52. The van der Waals surface area contributed by atoms with Crippen LogP contribution < -0.4 is 5.73 Å². The summed E-state index contributed by atoms with van der Waals surface area (Å²) in [6.07, 6.45) is 9.24. The lowest BCUT2D eigenvalue weighted by Gasteiger charge is -2.28. The number of rotatable bonds is 7. The largest absolute Gasteiger partial charge is 0.383 e. The topological polar surface area (TPSA) is 131 Å². The number of nitrogens with two attached hydrogens (primary N) is 1. The number of likely N-dealkylation sites (tertiary alicyclic amines) is 1. The molecule has 0 saturated carbocycles. The third-order valence-corrected chi connectivity index (χ3v) is 7.72. The van der Waals surface area contributed by atoms with Gasteiger partial charge in [0, 0.05) is 46.2 Å². The maximum Gasteiger partial charge on any atom is 0.292 e. The molecule has 1 aliphatic rings. The lowest BCUT2D eigenvalue weighted by molar-refractivity contribution is 0.0660. The molecule has 10 heteroatoms. The number of pyridine rings is 1. The summed E-state index contributed by atoms with van der Waals surface area (Å²) in [4.78, 5) is 27.7. The van der Waals surface area contributed by atoms with Crippen LogP contribution in [0.3, 0.4) is 0 Å². The molecule has 39 heavy (non-hydrogen) atoms. The van der Waals surface area contributed by atoms with E-state index in [1.54, 1.807) is 10.7 Å². The van der Waals surface area contributed by atoms with E-state index in [1.807, 2.05) is 53.6 Å². The number of fused-ring (bicyclic) bond motifs is 1. The minimum absolute atomic E-state index is 0.0978. The molecule has 3 N–H and O–H groups in total. The van der Waals surface area contributed by atoms with Gasteiger partial charge in [-0.3, -0.25) is 9.78 Å². The van der Waals surface area contributed by atoms with Gasteiger partial charge in [0.15, 0.2) is 5.65 Å². The molecule has 0 radical (unpaired) electrons. The second-order valence-corrected chi connectivity index (χ2v) is 10.0. The number of nitrogens with one attached hydrogen (secondary N) is 1. The number of nitrogens with zero attached hydrogens (tertiary/aromatic N) is 7. The molecule has 2 atom stereocenters. The second kappa shape index (κ2) is 10.3. The van der Waals surface area contributed by atoms with Gasteiger partial charge >= 0.3 is 0 Å². The highest BCUT2D eigenvalue weighted by Gasteiger charge is 2.36. The molecule has 6 rings (SSSR count). The van der Waals surface area contributed by atoms with E-state index in [2.05, 4.69) is 39.1 Å². The molecular formula is C29H31N9O. The first kappa shape index (κ1) is 24.7. The molecule has 1 saturated heterocycles. The van der Waals surface area contributed by atoms with E-state index in [0.29, 0.717) is 17.9 Å². The molecule has 1 aliphatic heterocycles. The first-order chi connectivity index (χ1) is 19.0. The molecule has 10 nitrogen and oxygen atoms in total. The van der Waals surface area contributed by atoms with Crippen molar-refractivity contribution in [3.05, 3.63) is 78.3 Å². The predicted octanol–water partition coefficient (Wildman–Crippen LogP) is 4.35. The van der Waals surface area contributed by atoms with Crippen LogP contribution >= 0.6 is 0 Å². The van der Waals surface area contributed by atoms with Crippen LogP contribution in [0.1, 0.15) is 55.0 Å². The van der Waals surface area contributed by atoms with Crippen molar-refractivity contribution in [1.82, 2.24) is 39.7 Å². The highest BCUT2D eigenvalue weighted by atomic mass is 16.2. The van der Waals surface area contributed by atoms with E-state index in [0.717, 1.165) is 59.3 Å². The normalized spacial score (nSPS) is 17.2. The molecule has 5 aromatic rings. The maximum atomic E-state index is 13.1. The van der Waals surface area contributed by atoms with Crippen molar-refractivity contribution in [3.8, 4) is 22.4 Å². The van der Waals surface area contributed by atoms with Crippen molar-refractivity contribution in [1.29, 1.82) is 0 Å². The highest BCUT2D eigenvalue weighted by Crippen LogP contribution is 2.31. The van der Waals surface area contributed by atoms with Crippen LogP contribution in [0.4, 0.5) is 5.82 Å². The van der Waals surface area contributed by atoms with Gasteiger partial charge in [-0.1, -0.05) is 43.3 Å². The van der Waals surface area contributed by atoms with Crippen molar-refractivity contribution in [2.75, 3.05) is 5.73 Å². The van der Waals surface area contributed by atoms with E-state index in [-0.39, 0.29) is 23.8 Å². The molecular weight excluding hydrogens is 490 g/mol. The van der Waals surface area contributed by atoms with Crippen LogP contribution in [0.15, 0.2) is 61.2 Å². The summed E-state index contributed by atoms with van der Waals surface area (Å²) in [6.45, 7) is 4.17. The monoisotopic (exact) mass is 521 g/mol. The number of amides is 1. The standard InChI is InChI=1S/C29H31N9O/c1-3-22-25(14-12-21-11-9-18(2)37(21)29(39)27-32-17-33-36-27)35-28-23(16-34-38(28)26(22)30)20-10-13-24(31-15-20)19-7-5-4-6-8-19/h4-8,10,13,15-18,21H,3,9,11-12,14,30H2,1-2H3,(H,32,33,36). The Morgan fingerprint density at radius 3 is 2.67 bits per heavy atom. The fourth-order valence-electron chi connectivity index (χ4n) is 5.68. The molecule has 2 unspecified atom stereocenters. The van der Waals surface area contributed by atoms with Crippen molar-refractivity contribution in [2.24, 2.45) is 0 Å². The smallest absolute Gasteiger partial charge is 0.292 e. The van der Waals surface area contributed by atoms with Crippen LogP contribution in [0.25, 0.3) is 28.0 Å². The van der Waals surface area contributed by atoms with E-state index < -0.39 is 0 Å². The second-order valence-electron chi connectivity index (χ2n) is 10.0. The Hall–Kier alpha value is -4.60. The Labute approximate surface area is 226 Å². The molecule has 4 aromatic heterocycles. The Bertz CT molecular complexity index is 1590. The van der Waals surface area contributed by atoms with Crippen molar-refractivity contribution < 1.29 is 4.79 Å². The number of aryl methyl sites for hydroxylation is 1. The maximum absolute atomic E-state index is 13.1. The van der Waals surface area contributed by atoms with Gasteiger partial charge in [-0.05, 0) is 45.1 Å². The third-order valence-electron chi connectivity index (χ3n) is 7.72. The first-order valence-electron chi connectivity index (χ1n) is 13.4. The van der Waals surface area contributed by atoms with Gasteiger partial charge < -0.3 is 15.6 Å². The number of nitrogen functional groups attached to an aromatic ring is 1. The van der Waals surface area contributed by atoms with E-state index >= 15 is 0 Å². The third kappa shape index (κ3) is 4.52. The van der Waals surface area contributed by atoms with Crippen molar-refractivity contribution >= 4 is 17.4 Å². The lowest BCUT2D eigenvalue weighted by atomic mass is 10.0. The number of aromatic amines is 1. The zero-order valence-corrected chi connectivity index (χ0v) is 22.1. The van der Waals surface area contributed by atoms with Crippen LogP contribution in [0.2, 0.25) is 0 Å². The zero-order chi connectivity index (χ0) is 26.9. The molecule has 0 spiro atoms. The summed E-state index contributed by atoms with van der Waals surface area (Å²) >= 11 is 0. The van der Waals surface area contributed by atoms with Crippen molar-refractivity contribution in [3.63, 3.8) is 0 Å². The molecule has 198 valence electrons. The summed E-state index contributed by atoms with van der Waals surface area (Å²) in [6, 6.07) is 14.4. The highest BCUT2D eigenvalue weighted by molar-refractivity contribution is 5.91. The average Bonchev–Trinajstić information content (AvgIpc) is 3.73. The van der Waals surface area contributed by atoms with E-state index in [4.69, 9.17) is 10.7 Å². The molecule has 1 amide bonds. The number of carbonyl (C=O) groups is 1. The summed E-state index contributed by atoms with van der Waals surface area (Å²) < 4.78 is 1.72. The first-order valence-corrected chi connectivity index (χ1v) is 13.4. The Morgan fingerprint density at radius 1 is 1.10 bits per heavy atom. The minimum atomic E-state index is -0.106. The summed E-state index contributed by atoms with van der Waals surface area (Å²) in [5.41, 5.74) is 13.1. The molecule has 5 heterocycles. The van der Waals surface area contributed by atoms with Crippen LogP contribution in [-0.2, 0) is 12.8 Å². The predicted molar refractivity (Wildman–Crippen MR) is 149 cm³/mol. The number of carbonyl (C=O) groups excluding carboxylic acids is 1. The number of anilines is 1. The lowest BCUT2D eigenvalue weighted by Crippen LogP contribution is -2.40. The number of hydrogen-bond acceptors (Lipinski definition) is 7. The molecule has 1 aromatic carbocycles. The quantitative estimate of drug-likeness (QED) is 0.326. The summed E-state index contributed by atoms with van der Waals surface area (Å²) in [7, 11) is 0. The molecule has 1 fully saturated rings. The van der Waals surface area contributed by atoms with Gasteiger partial charge in [0.2, 0.25) is 5.82 Å². The van der Waals surface area contributed by atoms with Gasteiger partial charge in [0.25, 0.3) is 5.91 Å². The number of benzene rings is 1. The van der Waals surface area contributed by atoms with Gasteiger partial charge in [-0.25, -0.2) is 4.98 Å². The summed E-state index contributed by atoms with van der Waals surface area (Å²) in [5, 5.41) is 12.3. The fourth-order valence-corrected chi connectivity index (χ4v) is 5.68. The zero-order valence-electron chi connectivity index (χ0n) is 22.1. The minimum Gasteiger partial charge on any atom is -0.383 e.